The van der Waals surface area contributed by atoms with Crippen molar-refractivity contribution in [2.24, 2.45) is 0 Å². The Labute approximate surface area is 125 Å². The van der Waals surface area contributed by atoms with Crippen molar-refractivity contribution in [3.63, 3.8) is 0 Å². The number of hydrogen-bond donors (Lipinski definition) is 1. The van der Waals surface area contributed by atoms with Crippen LogP contribution in [0.3, 0.4) is 0 Å². The molecule has 0 aliphatic rings. The topological polar surface area (TPSA) is 48.1 Å². The largest absolute Gasteiger partial charge is 0.453 e. The molecule has 20 heavy (non-hydrogen) atoms. The molecule has 5 heteroatoms. The molecule has 2 aromatic carbocycles. The fourth-order valence-electron chi connectivity index (χ4n) is 1.91. The predicted octanol–water partition coefficient (Wildman–Crippen LogP) is 4.92. The highest BCUT2D eigenvalue weighted by molar-refractivity contribution is 6.42. The van der Waals surface area contributed by atoms with Crippen LogP contribution >= 0.6 is 23.2 Å². The number of fused-ring (bicyclic) bond motifs is 1. The fraction of sp³-hybridized carbons (Fsp3) is 0. The minimum absolute atomic E-state index is 0.393. The predicted molar refractivity (Wildman–Crippen MR) is 82.7 cm³/mol. The monoisotopic (exact) mass is 304 g/mol. The first-order valence-electron chi connectivity index (χ1n) is 5.91. The van der Waals surface area contributed by atoms with Crippen LogP contribution in [0.25, 0.3) is 10.9 Å². The summed E-state index contributed by atoms with van der Waals surface area (Å²) >= 11 is 11.9. The van der Waals surface area contributed by atoms with Gasteiger partial charge < -0.3 is 10.5 Å². The third kappa shape index (κ3) is 2.38. The molecule has 3 aromatic rings. The van der Waals surface area contributed by atoms with E-state index in [-0.39, 0.29) is 0 Å². The van der Waals surface area contributed by atoms with E-state index in [2.05, 4.69) is 4.98 Å². The Hall–Kier alpha value is -1.97. The van der Waals surface area contributed by atoms with Gasteiger partial charge in [-0.15, -0.1) is 0 Å². The van der Waals surface area contributed by atoms with E-state index in [1.165, 1.54) is 0 Å². The van der Waals surface area contributed by atoms with Crippen LogP contribution in [-0.2, 0) is 0 Å². The molecular weight excluding hydrogens is 295 g/mol. The molecule has 1 aromatic heterocycles. The molecule has 0 radical (unpaired) electrons. The molecule has 0 atom stereocenters. The molecule has 100 valence electrons. The number of hydrogen-bond acceptors (Lipinski definition) is 3. The first kappa shape index (κ1) is 13.0. The highest BCUT2D eigenvalue weighted by Crippen LogP contribution is 2.36. The molecule has 3 nitrogen and oxygen atoms in total. The van der Waals surface area contributed by atoms with Gasteiger partial charge in [0.05, 0.1) is 15.7 Å². The molecule has 0 fully saturated rings. The van der Waals surface area contributed by atoms with Gasteiger partial charge in [-0.05, 0) is 18.2 Å². The third-order valence-corrected chi connectivity index (χ3v) is 3.59. The van der Waals surface area contributed by atoms with Gasteiger partial charge in [0.15, 0.2) is 11.5 Å². The van der Waals surface area contributed by atoms with Crippen LogP contribution in [0, 0.1) is 0 Å². The third-order valence-electron chi connectivity index (χ3n) is 2.87. The van der Waals surface area contributed by atoms with E-state index in [1.807, 2.05) is 30.3 Å². The number of para-hydroxylation sites is 1. The summed E-state index contributed by atoms with van der Waals surface area (Å²) in [6.07, 6.45) is 1.72. The Bertz CT molecular complexity index is 785. The van der Waals surface area contributed by atoms with E-state index in [0.29, 0.717) is 27.2 Å². The van der Waals surface area contributed by atoms with E-state index < -0.39 is 0 Å². The van der Waals surface area contributed by atoms with Crippen molar-refractivity contribution >= 4 is 39.8 Å². The second kappa shape index (κ2) is 5.19. The number of benzene rings is 2. The van der Waals surface area contributed by atoms with Gasteiger partial charge in [0, 0.05) is 17.6 Å². The Balaban J connectivity index is 2.08. The molecule has 0 bridgehead atoms. The Morgan fingerprint density at radius 3 is 2.55 bits per heavy atom. The van der Waals surface area contributed by atoms with E-state index in [9.17, 15) is 0 Å². The molecular formula is C15H10Cl2N2O. The first-order chi connectivity index (χ1) is 9.65. The minimum atomic E-state index is 0.393. The number of pyridine rings is 1. The summed E-state index contributed by atoms with van der Waals surface area (Å²) in [6.45, 7) is 0. The zero-order chi connectivity index (χ0) is 14.1. The number of halogens is 2. The Kier molecular flexibility index (Phi) is 3.38. The van der Waals surface area contributed by atoms with Crippen LogP contribution < -0.4 is 10.5 Å². The quantitative estimate of drug-likeness (QED) is 0.684. The Morgan fingerprint density at radius 1 is 0.950 bits per heavy atom. The van der Waals surface area contributed by atoms with E-state index >= 15 is 0 Å². The van der Waals surface area contributed by atoms with Crippen LogP contribution in [0.15, 0.2) is 48.7 Å². The smallest absolute Gasteiger partial charge is 0.153 e. The van der Waals surface area contributed by atoms with Gasteiger partial charge in [0.2, 0.25) is 0 Å². The standard InChI is InChI=1S/C15H10Cl2N2O/c16-10-7-12(18)14(8-11(10)17)20-13-5-1-3-9-4-2-6-19-15(9)13/h1-8H,18H2. The summed E-state index contributed by atoms with van der Waals surface area (Å²) in [5.74, 6) is 1.07. The van der Waals surface area contributed by atoms with Gasteiger partial charge in [-0.2, -0.15) is 0 Å². The first-order valence-corrected chi connectivity index (χ1v) is 6.67. The van der Waals surface area contributed by atoms with Crippen LogP contribution in [0.5, 0.6) is 11.5 Å². The molecule has 0 saturated carbocycles. The van der Waals surface area contributed by atoms with E-state index in [4.69, 9.17) is 33.7 Å². The summed E-state index contributed by atoms with van der Waals surface area (Å²) in [5.41, 5.74) is 7.08. The minimum Gasteiger partial charge on any atom is -0.453 e. The molecule has 0 saturated heterocycles. The number of ether oxygens (including phenoxy) is 1. The normalized spacial score (nSPS) is 10.7. The van der Waals surface area contributed by atoms with Crippen molar-refractivity contribution < 1.29 is 4.74 Å². The van der Waals surface area contributed by atoms with Gasteiger partial charge in [0.1, 0.15) is 5.52 Å². The lowest BCUT2D eigenvalue weighted by Gasteiger charge is -2.11. The highest BCUT2D eigenvalue weighted by Gasteiger charge is 2.09. The van der Waals surface area contributed by atoms with Crippen molar-refractivity contribution in [2.75, 3.05) is 5.73 Å². The van der Waals surface area contributed by atoms with Gasteiger partial charge in [0.25, 0.3) is 0 Å². The number of anilines is 1. The van der Waals surface area contributed by atoms with Crippen molar-refractivity contribution in [1.29, 1.82) is 0 Å². The van der Waals surface area contributed by atoms with Gasteiger partial charge in [-0.25, -0.2) is 0 Å². The molecule has 2 N–H and O–H groups in total. The second-order valence-electron chi connectivity index (χ2n) is 4.24. The van der Waals surface area contributed by atoms with Crippen LogP contribution in [0.1, 0.15) is 0 Å². The van der Waals surface area contributed by atoms with Crippen molar-refractivity contribution in [1.82, 2.24) is 4.98 Å². The summed E-state index contributed by atoms with van der Waals surface area (Å²) in [5, 5.41) is 1.78. The molecule has 1 heterocycles. The number of nitrogens with zero attached hydrogens (tertiary/aromatic N) is 1. The molecule has 0 aliphatic heterocycles. The van der Waals surface area contributed by atoms with Gasteiger partial charge in [-0.1, -0.05) is 41.4 Å². The maximum Gasteiger partial charge on any atom is 0.153 e. The highest BCUT2D eigenvalue weighted by atomic mass is 35.5. The molecule has 0 amide bonds. The second-order valence-corrected chi connectivity index (χ2v) is 5.05. The van der Waals surface area contributed by atoms with E-state index in [1.54, 1.807) is 18.3 Å². The average Bonchev–Trinajstić information content (AvgIpc) is 2.45. The lowest BCUT2D eigenvalue weighted by Crippen LogP contribution is -1.93. The lowest BCUT2D eigenvalue weighted by atomic mass is 10.2. The molecule has 3 rings (SSSR count). The van der Waals surface area contributed by atoms with Crippen molar-refractivity contribution in [2.45, 2.75) is 0 Å². The molecule has 0 aliphatic carbocycles. The van der Waals surface area contributed by atoms with E-state index in [0.717, 1.165) is 10.9 Å². The Morgan fingerprint density at radius 2 is 1.70 bits per heavy atom. The maximum absolute atomic E-state index is 5.99. The number of aromatic nitrogens is 1. The lowest BCUT2D eigenvalue weighted by molar-refractivity contribution is 0.489. The number of nitrogens with two attached hydrogens (primary N) is 1. The van der Waals surface area contributed by atoms with Gasteiger partial charge in [-0.3, -0.25) is 4.98 Å². The average molecular weight is 305 g/mol. The fourth-order valence-corrected chi connectivity index (χ4v) is 2.24. The van der Waals surface area contributed by atoms with Gasteiger partial charge >= 0.3 is 0 Å². The van der Waals surface area contributed by atoms with Crippen LogP contribution in [-0.4, -0.2) is 4.98 Å². The van der Waals surface area contributed by atoms with Crippen LogP contribution in [0.2, 0.25) is 10.0 Å². The van der Waals surface area contributed by atoms with Crippen molar-refractivity contribution in [3.05, 3.63) is 58.7 Å². The zero-order valence-electron chi connectivity index (χ0n) is 10.3. The SMILES string of the molecule is Nc1cc(Cl)c(Cl)cc1Oc1cccc2cccnc12. The van der Waals surface area contributed by atoms with Crippen LogP contribution in [0.4, 0.5) is 5.69 Å². The van der Waals surface area contributed by atoms with Crippen molar-refractivity contribution in [3.8, 4) is 11.5 Å². The maximum atomic E-state index is 5.99. The summed E-state index contributed by atoms with van der Waals surface area (Å²) < 4.78 is 5.83. The number of nitrogen functional groups attached to an aromatic ring is 1. The molecule has 0 unspecified atom stereocenters. The zero-order valence-corrected chi connectivity index (χ0v) is 11.8. The summed E-state index contributed by atoms with van der Waals surface area (Å²) in [6, 6.07) is 12.7. The summed E-state index contributed by atoms with van der Waals surface area (Å²) in [4.78, 5) is 4.32. The molecule has 0 spiro atoms. The summed E-state index contributed by atoms with van der Waals surface area (Å²) in [7, 11) is 0. The number of rotatable bonds is 2.